The molecule has 3 heteroatoms. The Morgan fingerprint density at radius 1 is 1.31 bits per heavy atom. The van der Waals surface area contributed by atoms with Gasteiger partial charge in [0.2, 0.25) is 0 Å². The van der Waals surface area contributed by atoms with Crippen molar-refractivity contribution in [2.24, 2.45) is 5.73 Å². The van der Waals surface area contributed by atoms with Crippen molar-refractivity contribution in [1.29, 1.82) is 0 Å². The van der Waals surface area contributed by atoms with Gasteiger partial charge in [0.15, 0.2) is 0 Å². The van der Waals surface area contributed by atoms with Crippen molar-refractivity contribution in [3.05, 3.63) is 0 Å². The van der Waals surface area contributed by atoms with Crippen LogP contribution in [0, 0.1) is 0 Å². The molecule has 0 aromatic rings. The molecule has 0 aromatic carbocycles. The van der Waals surface area contributed by atoms with E-state index in [1.807, 2.05) is 27.7 Å². The monoisotopic (exact) mass is 205 g/mol. The zero-order valence-corrected chi connectivity index (χ0v) is 10.1. The molecular formula is C10H23NOS. The Morgan fingerprint density at radius 3 is 2.23 bits per heavy atom. The summed E-state index contributed by atoms with van der Waals surface area (Å²) in [7, 11) is -0.693. The third-order valence-corrected chi connectivity index (χ3v) is 3.95. The first-order chi connectivity index (χ1) is 5.84. The summed E-state index contributed by atoms with van der Waals surface area (Å²) in [6, 6.07) is 0.281. The first kappa shape index (κ1) is 13.1. The lowest BCUT2D eigenvalue weighted by molar-refractivity contribution is 0.607. The minimum atomic E-state index is -0.693. The third-order valence-electron chi connectivity index (χ3n) is 1.92. The topological polar surface area (TPSA) is 43.1 Å². The quantitative estimate of drug-likeness (QED) is 0.698. The summed E-state index contributed by atoms with van der Waals surface area (Å²) in [4.78, 5) is 0. The summed E-state index contributed by atoms with van der Waals surface area (Å²) in [6.45, 7) is 8.08. The Hall–Kier alpha value is 0.110. The molecule has 0 aliphatic carbocycles. The summed E-state index contributed by atoms with van der Waals surface area (Å²) in [5.74, 6) is 0.816. The van der Waals surface area contributed by atoms with Gasteiger partial charge in [-0.15, -0.1) is 0 Å². The fraction of sp³-hybridized carbons (Fsp3) is 1.00. The van der Waals surface area contributed by atoms with E-state index in [4.69, 9.17) is 5.73 Å². The maximum absolute atomic E-state index is 11.6. The van der Waals surface area contributed by atoms with E-state index in [0.29, 0.717) is 0 Å². The van der Waals surface area contributed by atoms with Crippen LogP contribution < -0.4 is 5.73 Å². The van der Waals surface area contributed by atoms with Crippen LogP contribution in [0.1, 0.15) is 47.0 Å². The van der Waals surface area contributed by atoms with E-state index >= 15 is 0 Å². The molecule has 0 saturated carbocycles. The van der Waals surface area contributed by atoms with Gasteiger partial charge in [-0.25, -0.2) is 0 Å². The van der Waals surface area contributed by atoms with Gasteiger partial charge in [0.25, 0.3) is 0 Å². The van der Waals surface area contributed by atoms with Crippen LogP contribution in [0.5, 0.6) is 0 Å². The summed E-state index contributed by atoms with van der Waals surface area (Å²) < 4.78 is 11.5. The van der Waals surface area contributed by atoms with Crippen molar-refractivity contribution in [3.63, 3.8) is 0 Å². The largest absolute Gasteiger partial charge is 0.328 e. The predicted molar refractivity (Wildman–Crippen MR) is 60.3 cm³/mol. The van der Waals surface area contributed by atoms with Crippen LogP contribution >= 0.6 is 0 Å². The van der Waals surface area contributed by atoms with Crippen molar-refractivity contribution in [3.8, 4) is 0 Å². The Morgan fingerprint density at radius 2 is 1.85 bits per heavy atom. The minimum absolute atomic E-state index is 0.0612. The van der Waals surface area contributed by atoms with Crippen LogP contribution in [0.25, 0.3) is 0 Å². The normalized spacial score (nSPS) is 17.0. The first-order valence-electron chi connectivity index (χ1n) is 4.98. The van der Waals surface area contributed by atoms with Gasteiger partial charge in [-0.2, -0.15) is 0 Å². The molecule has 2 nitrogen and oxygen atoms in total. The summed E-state index contributed by atoms with van der Waals surface area (Å²) in [6.07, 6.45) is 3.17. The SMILES string of the molecule is CC(N)CCCCS(=O)C(C)(C)C. The molecule has 0 heterocycles. The average molecular weight is 205 g/mol. The highest BCUT2D eigenvalue weighted by molar-refractivity contribution is 7.86. The maximum Gasteiger partial charge on any atom is 0.0375 e. The summed E-state index contributed by atoms with van der Waals surface area (Å²) >= 11 is 0. The smallest absolute Gasteiger partial charge is 0.0375 e. The van der Waals surface area contributed by atoms with E-state index < -0.39 is 10.8 Å². The molecule has 0 aliphatic heterocycles. The lowest BCUT2D eigenvalue weighted by Gasteiger charge is -2.17. The Labute approximate surface area is 84.7 Å². The van der Waals surface area contributed by atoms with Crippen LogP contribution in [-0.2, 0) is 10.8 Å². The fourth-order valence-corrected chi connectivity index (χ4v) is 2.08. The molecule has 2 N–H and O–H groups in total. The Kier molecular flexibility index (Phi) is 5.81. The van der Waals surface area contributed by atoms with E-state index in [0.717, 1.165) is 25.0 Å². The minimum Gasteiger partial charge on any atom is -0.328 e. The van der Waals surface area contributed by atoms with Gasteiger partial charge in [0.05, 0.1) is 0 Å². The molecular weight excluding hydrogens is 182 g/mol. The summed E-state index contributed by atoms with van der Waals surface area (Å²) in [5.41, 5.74) is 5.62. The highest BCUT2D eigenvalue weighted by Crippen LogP contribution is 2.13. The van der Waals surface area contributed by atoms with Crippen molar-refractivity contribution in [2.45, 2.75) is 57.7 Å². The second-order valence-electron chi connectivity index (χ2n) is 4.64. The first-order valence-corrected chi connectivity index (χ1v) is 6.30. The van der Waals surface area contributed by atoms with Crippen LogP contribution in [0.15, 0.2) is 0 Å². The summed E-state index contributed by atoms with van der Waals surface area (Å²) in [5, 5.41) is 0. The van der Waals surface area contributed by atoms with Crippen LogP contribution in [0.2, 0.25) is 0 Å². The van der Waals surface area contributed by atoms with Gasteiger partial charge in [-0.1, -0.05) is 6.42 Å². The van der Waals surface area contributed by atoms with Gasteiger partial charge in [-0.3, -0.25) is 4.21 Å². The Balaban J connectivity index is 3.49. The van der Waals surface area contributed by atoms with Crippen molar-refractivity contribution in [1.82, 2.24) is 0 Å². The van der Waals surface area contributed by atoms with Crippen LogP contribution in [0.4, 0.5) is 0 Å². The molecule has 0 saturated heterocycles. The highest BCUT2D eigenvalue weighted by Gasteiger charge is 2.18. The second kappa shape index (κ2) is 5.76. The molecule has 0 amide bonds. The number of hydrogen-bond donors (Lipinski definition) is 1. The van der Waals surface area contributed by atoms with E-state index in [9.17, 15) is 4.21 Å². The van der Waals surface area contributed by atoms with Gasteiger partial charge in [0, 0.05) is 27.3 Å². The number of unbranched alkanes of at least 4 members (excludes halogenated alkanes) is 1. The lowest BCUT2D eigenvalue weighted by atomic mass is 10.2. The van der Waals surface area contributed by atoms with Crippen molar-refractivity contribution >= 4 is 10.8 Å². The molecule has 0 aliphatic rings. The van der Waals surface area contributed by atoms with Gasteiger partial charge in [0.1, 0.15) is 0 Å². The molecule has 0 bridgehead atoms. The molecule has 0 spiro atoms. The highest BCUT2D eigenvalue weighted by atomic mass is 32.2. The molecule has 2 unspecified atom stereocenters. The van der Waals surface area contributed by atoms with Crippen molar-refractivity contribution < 1.29 is 4.21 Å². The van der Waals surface area contributed by atoms with Gasteiger partial charge < -0.3 is 5.73 Å². The van der Waals surface area contributed by atoms with Crippen LogP contribution in [-0.4, -0.2) is 20.8 Å². The lowest BCUT2D eigenvalue weighted by Crippen LogP contribution is -2.24. The molecule has 13 heavy (non-hydrogen) atoms. The molecule has 2 atom stereocenters. The van der Waals surface area contributed by atoms with E-state index in [2.05, 4.69) is 0 Å². The van der Waals surface area contributed by atoms with E-state index in [-0.39, 0.29) is 10.8 Å². The molecule has 0 fully saturated rings. The molecule has 0 radical (unpaired) electrons. The second-order valence-corrected chi connectivity index (χ2v) is 6.96. The standard InChI is InChI=1S/C10H23NOS/c1-9(11)7-5-6-8-13(12)10(2,3)4/h9H,5-8,11H2,1-4H3. The van der Waals surface area contributed by atoms with E-state index in [1.54, 1.807) is 0 Å². The van der Waals surface area contributed by atoms with Gasteiger partial charge >= 0.3 is 0 Å². The van der Waals surface area contributed by atoms with Gasteiger partial charge in [-0.05, 0) is 40.5 Å². The van der Waals surface area contributed by atoms with Crippen LogP contribution in [0.3, 0.4) is 0 Å². The maximum atomic E-state index is 11.6. The third kappa shape index (κ3) is 7.20. The number of rotatable bonds is 5. The molecule has 80 valence electrons. The number of hydrogen-bond acceptors (Lipinski definition) is 2. The average Bonchev–Trinajstić information content (AvgIpc) is 1.95. The zero-order chi connectivity index (χ0) is 10.5. The zero-order valence-electron chi connectivity index (χ0n) is 9.30. The Bertz CT molecular complexity index is 161. The number of nitrogens with two attached hydrogens (primary N) is 1. The predicted octanol–water partition coefficient (Wildman–Crippen LogP) is 2.05. The van der Waals surface area contributed by atoms with Crippen molar-refractivity contribution in [2.75, 3.05) is 5.75 Å². The molecule has 0 aromatic heterocycles. The molecule has 0 rings (SSSR count). The van der Waals surface area contributed by atoms with E-state index in [1.165, 1.54) is 0 Å². The fourth-order valence-electron chi connectivity index (χ4n) is 1.01.